The summed E-state index contributed by atoms with van der Waals surface area (Å²) in [7, 11) is 1.20. The molecule has 1 aliphatic rings. The van der Waals surface area contributed by atoms with Gasteiger partial charge in [0, 0.05) is 19.2 Å². The average molecular weight is 479 g/mol. The third-order valence-electron chi connectivity index (χ3n) is 5.80. The third kappa shape index (κ3) is 4.68. The molecule has 2 aromatic heterocycles. The minimum Gasteiger partial charge on any atom is -0.472 e. The van der Waals surface area contributed by atoms with Gasteiger partial charge in [-0.1, -0.05) is 11.2 Å². The number of carbonyl (C=O) groups excluding carboxylic acids is 2. The maximum absolute atomic E-state index is 14.8. The third-order valence-corrected chi connectivity index (χ3v) is 5.80. The van der Waals surface area contributed by atoms with Crippen LogP contribution in [0.25, 0.3) is 11.4 Å². The Labute approximate surface area is 200 Å². The molecule has 0 bridgehead atoms. The first kappa shape index (κ1) is 23.8. The number of methoxy groups -OCH3 is 1. The fourth-order valence-corrected chi connectivity index (χ4v) is 4.02. The van der Waals surface area contributed by atoms with Gasteiger partial charge in [-0.15, -0.1) is 0 Å². The second kappa shape index (κ2) is 9.89. The predicted molar refractivity (Wildman–Crippen MR) is 119 cm³/mol. The van der Waals surface area contributed by atoms with Crippen molar-refractivity contribution >= 4 is 11.9 Å². The van der Waals surface area contributed by atoms with Crippen LogP contribution < -0.4 is 4.74 Å². The van der Waals surface area contributed by atoms with Gasteiger partial charge in [-0.3, -0.25) is 4.79 Å². The van der Waals surface area contributed by atoms with E-state index in [0.29, 0.717) is 12.8 Å². The molecule has 4 rings (SSSR count). The average Bonchev–Trinajstić information content (AvgIpc) is 3.29. The number of aromatic nitrogens is 3. The van der Waals surface area contributed by atoms with Crippen molar-refractivity contribution in [2.24, 2.45) is 0 Å². The number of rotatable bonds is 5. The second-order valence-corrected chi connectivity index (χ2v) is 8.07. The zero-order valence-corrected chi connectivity index (χ0v) is 19.3. The van der Waals surface area contributed by atoms with Crippen molar-refractivity contribution in [1.82, 2.24) is 20.0 Å². The molecule has 1 aromatic carbocycles. The van der Waals surface area contributed by atoms with E-state index in [4.69, 9.17) is 14.0 Å². The van der Waals surface area contributed by atoms with Crippen LogP contribution in [-0.4, -0.2) is 57.7 Å². The van der Waals surface area contributed by atoms with Gasteiger partial charge in [0.1, 0.15) is 23.6 Å². The summed E-state index contributed by atoms with van der Waals surface area (Å²) in [5, 5.41) is 13.1. The van der Waals surface area contributed by atoms with E-state index in [1.165, 1.54) is 37.6 Å². The van der Waals surface area contributed by atoms with E-state index in [9.17, 15) is 19.2 Å². The van der Waals surface area contributed by atoms with Gasteiger partial charge in [0.2, 0.25) is 17.6 Å². The number of benzene rings is 1. The second-order valence-electron chi connectivity index (χ2n) is 8.07. The molecule has 0 aliphatic carbocycles. The lowest BCUT2D eigenvalue weighted by Crippen LogP contribution is -2.49. The molecule has 0 spiro atoms. The molecule has 3 aromatic rings. The molecule has 1 amide bonds. The molecule has 1 fully saturated rings. The van der Waals surface area contributed by atoms with E-state index in [1.807, 2.05) is 13.0 Å². The van der Waals surface area contributed by atoms with E-state index < -0.39 is 23.8 Å². The van der Waals surface area contributed by atoms with Crippen LogP contribution in [0.3, 0.4) is 0 Å². The van der Waals surface area contributed by atoms with E-state index in [0.717, 1.165) is 0 Å². The number of pyridine rings is 1. The van der Waals surface area contributed by atoms with Crippen LogP contribution >= 0.6 is 0 Å². The molecule has 2 atom stereocenters. The summed E-state index contributed by atoms with van der Waals surface area (Å²) in [6.45, 7) is 3.62. The predicted octanol–water partition coefficient (Wildman–Crippen LogP) is 3.31. The summed E-state index contributed by atoms with van der Waals surface area (Å²) < 4.78 is 30.5. The van der Waals surface area contributed by atoms with Crippen molar-refractivity contribution in [2.45, 2.75) is 38.8 Å². The van der Waals surface area contributed by atoms with Gasteiger partial charge < -0.3 is 18.9 Å². The van der Waals surface area contributed by atoms with Crippen molar-refractivity contribution in [2.75, 3.05) is 13.7 Å². The molecule has 0 unspecified atom stereocenters. The maximum Gasteiger partial charge on any atom is 0.344 e. The van der Waals surface area contributed by atoms with Crippen molar-refractivity contribution < 1.29 is 28.0 Å². The highest BCUT2D eigenvalue weighted by Gasteiger charge is 2.34. The van der Waals surface area contributed by atoms with Gasteiger partial charge in [0.15, 0.2) is 0 Å². The molecule has 0 saturated carbocycles. The van der Waals surface area contributed by atoms with Crippen LogP contribution in [0, 0.1) is 24.1 Å². The van der Waals surface area contributed by atoms with Gasteiger partial charge in [-0.25, -0.2) is 14.2 Å². The molecule has 1 aliphatic heterocycles. The Morgan fingerprint density at radius 1 is 1.29 bits per heavy atom. The zero-order chi connectivity index (χ0) is 25.1. The molecule has 35 heavy (non-hydrogen) atoms. The number of hydrogen-bond acceptors (Lipinski definition) is 9. The van der Waals surface area contributed by atoms with Gasteiger partial charge >= 0.3 is 5.97 Å². The number of carbonyl (C=O) groups is 2. The first-order chi connectivity index (χ1) is 16.8. The standard InChI is InChI=1S/C24H22FN5O5/c1-13-7-8-16(34-22-19(24(32)33-3)15(11-26)9-10-27-22)12-30(13)23(31)17-5-4-6-18(25)20(17)21-28-14(2)35-29-21/h4-6,9-10,13,16H,7-8,12H2,1-3H3/t13-,16-/m1/s1. The Hall–Kier alpha value is -4.33. The molecule has 0 N–H and O–H groups in total. The van der Waals surface area contributed by atoms with Crippen molar-refractivity contribution in [3.8, 4) is 23.3 Å². The van der Waals surface area contributed by atoms with Gasteiger partial charge in [0.05, 0.1) is 30.3 Å². The summed E-state index contributed by atoms with van der Waals surface area (Å²) in [6.07, 6.45) is 2.00. The van der Waals surface area contributed by atoms with Crippen LogP contribution in [-0.2, 0) is 4.74 Å². The van der Waals surface area contributed by atoms with Crippen LogP contribution in [0.1, 0.15) is 51.9 Å². The van der Waals surface area contributed by atoms with Crippen molar-refractivity contribution in [3.05, 3.63) is 58.9 Å². The highest BCUT2D eigenvalue weighted by atomic mass is 19.1. The normalized spacial score (nSPS) is 17.5. The van der Waals surface area contributed by atoms with E-state index in [-0.39, 0.29) is 52.4 Å². The largest absolute Gasteiger partial charge is 0.472 e. The Morgan fingerprint density at radius 3 is 2.77 bits per heavy atom. The quantitative estimate of drug-likeness (QED) is 0.506. The Kier molecular flexibility index (Phi) is 6.73. The Balaban J connectivity index is 1.63. The number of amides is 1. The van der Waals surface area contributed by atoms with E-state index in [1.54, 1.807) is 11.8 Å². The van der Waals surface area contributed by atoms with E-state index >= 15 is 0 Å². The molecular weight excluding hydrogens is 457 g/mol. The fraction of sp³-hybridized carbons (Fsp3) is 0.333. The van der Waals surface area contributed by atoms with Crippen molar-refractivity contribution in [1.29, 1.82) is 5.26 Å². The number of likely N-dealkylation sites (tertiary alicyclic amines) is 1. The van der Waals surface area contributed by atoms with E-state index in [2.05, 4.69) is 15.1 Å². The van der Waals surface area contributed by atoms with Crippen LogP contribution in [0.2, 0.25) is 0 Å². The topological polar surface area (TPSA) is 131 Å². The molecule has 11 heteroatoms. The number of esters is 1. The lowest BCUT2D eigenvalue weighted by atomic mass is 9.98. The monoisotopic (exact) mass is 479 g/mol. The Bertz CT molecular complexity index is 1320. The summed E-state index contributed by atoms with van der Waals surface area (Å²) >= 11 is 0. The highest BCUT2D eigenvalue weighted by Crippen LogP contribution is 2.30. The fourth-order valence-electron chi connectivity index (χ4n) is 4.02. The van der Waals surface area contributed by atoms with Crippen LogP contribution in [0.15, 0.2) is 35.0 Å². The van der Waals surface area contributed by atoms with Crippen LogP contribution in [0.4, 0.5) is 4.39 Å². The number of hydrogen-bond donors (Lipinski definition) is 0. The number of piperidine rings is 1. The number of nitrogens with zero attached hydrogens (tertiary/aromatic N) is 5. The number of halogens is 1. The van der Waals surface area contributed by atoms with Gasteiger partial charge in [0.25, 0.3) is 5.91 Å². The summed E-state index contributed by atoms with van der Waals surface area (Å²) in [5.41, 5.74) is 0.0479. The lowest BCUT2D eigenvalue weighted by molar-refractivity contribution is 0.0359. The van der Waals surface area contributed by atoms with Crippen LogP contribution in [0.5, 0.6) is 5.88 Å². The molecule has 3 heterocycles. The Morgan fingerprint density at radius 2 is 2.09 bits per heavy atom. The molecule has 0 radical (unpaired) electrons. The first-order valence-corrected chi connectivity index (χ1v) is 10.9. The summed E-state index contributed by atoms with van der Waals surface area (Å²) in [6, 6.07) is 7.35. The summed E-state index contributed by atoms with van der Waals surface area (Å²) in [4.78, 5) is 35.6. The van der Waals surface area contributed by atoms with Gasteiger partial charge in [-0.2, -0.15) is 10.2 Å². The minimum atomic E-state index is -0.749. The molecule has 180 valence electrons. The highest BCUT2D eigenvalue weighted by molar-refractivity contribution is 6.00. The zero-order valence-electron chi connectivity index (χ0n) is 19.3. The number of ether oxygens (including phenoxy) is 2. The lowest BCUT2D eigenvalue weighted by Gasteiger charge is -2.38. The SMILES string of the molecule is COC(=O)c1c(C#N)ccnc1O[C@@H]1CC[C@@H](C)N(C(=O)c2cccc(F)c2-c2noc(C)n2)C1. The van der Waals surface area contributed by atoms with Crippen molar-refractivity contribution in [3.63, 3.8) is 0 Å². The molecular formula is C24H22FN5O5. The number of nitriles is 1. The van der Waals surface area contributed by atoms with Gasteiger partial charge in [-0.05, 0) is 38.0 Å². The minimum absolute atomic E-state index is 0.0124. The number of aryl methyl sites for hydroxylation is 1. The smallest absolute Gasteiger partial charge is 0.344 e. The molecule has 1 saturated heterocycles. The summed E-state index contributed by atoms with van der Waals surface area (Å²) in [5.74, 6) is -1.63. The maximum atomic E-state index is 14.8. The molecule has 10 nitrogen and oxygen atoms in total. The first-order valence-electron chi connectivity index (χ1n) is 10.9.